The highest BCUT2D eigenvalue weighted by atomic mass is 16.5. The van der Waals surface area contributed by atoms with Gasteiger partial charge in [-0.2, -0.15) is 0 Å². The molecule has 0 saturated carbocycles. The predicted molar refractivity (Wildman–Crippen MR) is 73.4 cm³/mol. The first-order valence-corrected chi connectivity index (χ1v) is 7.02. The minimum Gasteiger partial charge on any atom is -0.370 e. The van der Waals surface area contributed by atoms with Gasteiger partial charge in [-0.05, 0) is 46.7 Å². The molecule has 0 amide bonds. The molecule has 0 aromatic rings. The van der Waals surface area contributed by atoms with Crippen LogP contribution in [-0.4, -0.2) is 48.8 Å². The van der Waals surface area contributed by atoms with Crippen molar-refractivity contribution >= 4 is 0 Å². The molecular weight excluding hydrogens is 212 g/mol. The monoisotopic (exact) mass is 242 g/mol. The topological polar surface area (TPSA) is 24.5 Å². The third-order valence-electron chi connectivity index (χ3n) is 3.09. The lowest BCUT2D eigenvalue weighted by Crippen LogP contribution is -2.52. The zero-order valence-electron chi connectivity index (χ0n) is 12.3. The Labute approximate surface area is 107 Å². The fraction of sp³-hybridized carbons (Fsp3) is 1.00. The fourth-order valence-corrected chi connectivity index (χ4v) is 2.61. The summed E-state index contributed by atoms with van der Waals surface area (Å²) in [5, 5.41) is 3.47. The van der Waals surface area contributed by atoms with Gasteiger partial charge in [-0.15, -0.1) is 0 Å². The van der Waals surface area contributed by atoms with Crippen LogP contribution in [0.4, 0.5) is 0 Å². The van der Waals surface area contributed by atoms with Crippen molar-refractivity contribution in [2.45, 2.75) is 65.2 Å². The quantitative estimate of drug-likeness (QED) is 0.723. The SMILES string of the molecule is CC(C)NCCCCN1CC(C)OC(C)(C)C1. The maximum Gasteiger partial charge on any atom is 0.0757 e. The summed E-state index contributed by atoms with van der Waals surface area (Å²) in [5.74, 6) is 0. The van der Waals surface area contributed by atoms with Crippen molar-refractivity contribution in [2.24, 2.45) is 0 Å². The smallest absolute Gasteiger partial charge is 0.0757 e. The summed E-state index contributed by atoms with van der Waals surface area (Å²) in [4.78, 5) is 2.55. The van der Waals surface area contributed by atoms with Gasteiger partial charge in [-0.1, -0.05) is 13.8 Å². The van der Waals surface area contributed by atoms with Crippen LogP contribution in [0.2, 0.25) is 0 Å². The number of rotatable bonds is 6. The van der Waals surface area contributed by atoms with Crippen molar-refractivity contribution in [3.63, 3.8) is 0 Å². The standard InChI is InChI=1S/C14H30N2O/c1-12(2)15-8-6-7-9-16-10-13(3)17-14(4,5)11-16/h12-13,15H,6-11H2,1-5H3. The second kappa shape index (κ2) is 6.72. The van der Waals surface area contributed by atoms with Gasteiger partial charge >= 0.3 is 0 Å². The van der Waals surface area contributed by atoms with E-state index >= 15 is 0 Å². The van der Waals surface area contributed by atoms with E-state index in [0.29, 0.717) is 12.1 Å². The summed E-state index contributed by atoms with van der Waals surface area (Å²) in [5.41, 5.74) is 0.0217. The number of morpholine rings is 1. The van der Waals surface area contributed by atoms with Crippen molar-refractivity contribution < 1.29 is 4.74 Å². The average Bonchev–Trinajstić information content (AvgIpc) is 2.13. The lowest BCUT2D eigenvalue weighted by Gasteiger charge is -2.41. The summed E-state index contributed by atoms with van der Waals surface area (Å²) < 4.78 is 5.91. The number of nitrogens with zero attached hydrogens (tertiary/aromatic N) is 1. The van der Waals surface area contributed by atoms with Crippen molar-refractivity contribution in [1.29, 1.82) is 0 Å². The van der Waals surface area contributed by atoms with Crippen molar-refractivity contribution in [3.05, 3.63) is 0 Å². The average molecular weight is 242 g/mol. The van der Waals surface area contributed by atoms with Crippen LogP contribution in [0.25, 0.3) is 0 Å². The Morgan fingerprint density at radius 2 is 2.06 bits per heavy atom. The maximum atomic E-state index is 5.91. The molecule has 0 aromatic heterocycles. The first kappa shape index (κ1) is 14.9. The van der Waals surface area contributed by atoms with Crippen LogP contribution in [0.3, 0.4) is 0 Å². The molecule has 1 fully saturated rings. The molecule has 0 aliphatic carbocycles. The van der Waals surface area contributed by atoms with Crippen LogP contribution < -0.4 is 5.32 Å². The molecule has 0 spiro atoms. The van der Waals surface area contributed by atoms with E-state index in [1.165, 1.54) is 19.4 Å². The van der Waals surface area contributed by atoms with E-state index in [0.717, 1.165) is 19.6 Å². The predicted octanol–water partition coefficient (Wildman–Crippen LogP) is 2.26. The molecule has 1 aliphatic heterocycles. The molecule has 0 aromatic carbocycles. The Morgan fingerprint density at radius 3 is 2.65 bits per heavy atom. The minimum absolute atomic E-state index is 0.0217. The molecule has 1 unspecified atom stereocenters. The second-order valence-corrected chi connectivity index (χ2v) is 6.24. The Kier molecular flexibility index (Phi) is 5.90. The van der Waals surface area contributed by atoms with E-state index in [1.807, 2.05) is 0 Å². The molecule has 1 heterocycles. The zero-order valence-corrected chi connectivity index (χ0v) is 12.3. The van der Waals surface area contributed by atoms with Gasteiger partial charge in [0.2, 0.25) is 0 Å². The number of hydrogen-bond acceptors (Lipinski definition) is 3. The molecule has 0 bridgehead atoms. The lowest BCUT2D eigenvalue weighted by atomic mass is 10.1. The lowest BCUT2D eigenvalue weighted by molar-refractivity contribution is -0.128. The highest BCUT2D eigenvalue weighted by molar-refractivity contribution is 4.82. The highest BCUT2D eigenvalue weighted by Gasteiger charge is 2.30. The first-order valence-electron chi connectivity index (χ1n) is 7.02. The molecule has 1 atom stereocenters. The van der Waals surface area contributed by atoms with E-state index in [4.69, 9.17) is 4.74 Å². The summed E-state index contributed by atoms with van der Waals surface area (Å²) in [6, 6.07) is 0.609. The Balaban J connectivity index is 2.14. The first-order chi connectivity index (χ1) is 7.89. The molecule has 3 nitrogen and oxygen atoms in total. The number of hydrogen-bond donors (Lipinski definition) is 1. The van der Waals surface area contributed by atoms with E-state index in [1.54, 1.807) is 0 Å². The van der Waals surface area contributed by atoms with Gasteiger partial charge in [0.1, 0.15) is 0 Å². The van der Waals surface area contributed by atoms with Crippen LogP contribution in [0, 0.1) is 0 Å². The van der Waals surface area contributed by atoms with Gasteiger partial charge in [0.05, 0.1) is 11.7 Å². The van der Waals surface area contributed by atoms with E-state index < -0.39 is 0 Å². The molecule has 0 radical (unpaired) electrons. The molecule has 102 valence electrons. The molecule has 1 N–H and O–H groups in total. The molecule has 1 aliphatic rings. The maximum absolute atomic E-state index is 5.91. The Morgan fingerprint density at radius 1 is 1.35 bits per heavy atom. The highest BCUT2D eigenvalue weighted by Crippen LogP contribution is 2.20. The summed E-state index contributed by atoms with van der Waals surface area (Å²) in [6.07, 6.45) is 2.92. The fourth-order valence-electron chi connectivity index (χ4n) is 2.61. The van der Waals surface area contributed by atoms with E-state index in [9.17, 15) is 0 Å². The summed E-state index contributed by atoms with van der Waals surface area (Å²) >= 11 is 0. The van der Waals surface area contributed by atoms with Crippen molar-refractivity contribution in [1.82, 2.24) is 10.2 Å². The molecular formula is C14H30N2O. The van der Waals surface area contributed by atoms with E-state index in [2.05, 4.69) is 44.8 Å². The largest absolute Gasteiger partial charge is 0.370 e. The normalized spacial score (nSPS) is 25.4. The molecule has 17 heavy (non-hydrogen) atoms. The second-order valence-electron chi connectivity index (χ2n) is 6.24. The molecule has 1 rings (SSSR count). The van der Waals surface area contributed by atoms with Gasteiger partial charge in [-0.3, -0.25) is 4.90 Å². The molecule has 3 heteroatoms. The van der Waals surface area contributed by atoms with Gasteiger partial charge in [0.15, 0.2) is 0 Å². The van der Waals surface area contributed by atoms with Crippen molar-refractivity contribution in [3.8, 4) is 0 Å². The third-order valence-corrected chi connectivity index (χ3v) is 3.09. The third kappa shape index (κ3) is 6.39. The van der Waals surface area contributed by atoms with Gasteiger partial charge in [0, 0.05) is 19.1 Å². The van der Waals surface area contributed by atoms with Crippen LogP contribution >= 0.6 is 0 Å². The summed E-state index contributed by atoms with van der Waals surface area (Å²) in [6.45, 7) is 15.5. The van der Waals surface area contributed by atoms with Gasteiger partial charge in [0.25, 0.3) is 0 Å². The van der Waals surface area contributed by atoms with Crippen LogP contribution in [0.5, 0.6) is 0 Å². The number of nitrogens with one attached hydrogen (secondary N) is 1. The van der Waals surface area contributed by atoms with E-state index in [-0.39, 0.29) is 5.60 Å². The molecule has 1 saturated heterocycles. The Hall–Kier alpha value is -0.120. The number of ether oxygens (including phenoxy) is 1. The van der Waals surface area contributed by atoms with Crippen LogP contribution in [-0.2, 0) is 4.74 Å². The minimum atomic E-state index is 0.0217. The number of unbranched alkanes of at least 4 members (excludes halogenated alkanes) is 1. The Bertz CT molecular complexity index is 216. The van der Waals surface area contributed by atoms with Crippen LogP contribution in [0.15, 0.2) is 0 Å². The van der Waals surface area contributed by atoms with Gasteiger partial charge < -0.3 is 10.1 Å². The summed E-state index contributed by atoms with van der Waals surface area (Å²) in [7, 11) is 0. The van der Waals surface area contributed by atoms with Crippen molar-refractivity contribution in [2.75, 3.05) is 26.2 Å². The van der Waals surface area contributed by atoms with Crippen LogP contribution in [0.1, 0.15) is 47.5 Å². The zero-order chi connectivity index (χ0) is 12.9. The van der Waals surface area contributed by atoms with Gasteiger partial charge in [-0.25, -0.2) is 0 Å².